The number of benzene rings is 3. The number of hydrogen-bond acceptors (Lipinski definition) is 7. The fourth-order valence-electron chi connectivity index (χ4n) is 2.90. The van der Waals surface area contributed by atoms with Crippen LogP contribution in [0.1, 0.15) is 5.56 Å². The molecule has 31 heavy (non-hydrogen) atoms. The molecule has 1 heterocycles. The Balaban J connectivity index is 1.52. The van der Waals surface area contributed by atoms with Gasteiger partial charge in [0.05, 0.1) is 12.0 Å². The van der Waals surface area contributed by atoms with E-state index in [0.717, 1.165) is 0 Å². The van der Waals surface area contributed by atoms with Gasteiger partial charge in [-0.15, -0.1) is 0 Å². The summed E-state index contributed by atoms with van der Waals surface area (Å²) < 4.78 is 29.6. The molecule has 4 aromatic rings. The number of nitrogens with zero attached hydrogens (tertiary/aromatic N) is 3. The number of rotatable bonds is 7. The van der Waals surface area contributed by atoms with Crippen LogP contribution in [0, 0.1) is 15.9 Å². The number of methoxy groups -OCH3 is 1. The maximum Gasteiger partial charge on any atom is 0.269 e. The molecule has 0 atom stereocenters. The molecule has 0 aliphatic heterocycles. The van der Waals surface area contributed by atoms with Gasteiger partial charge in [0, 0.05) is 23.3 Å². The molecule has 0 N–H and O–H groups in total. The zero-order valence-electron chi connectivity index (χ0n) is 16.3. The summed E-state index contributed by atoms with van der Waals surface area (Å²) >= 11 is 0. The number of non-ortho nitro benzene ring substituents is 1. The van der Waals surface area contributed by atoms with Crippen molar-refractivity contribution in [3.63, 3.8) is 0 Å². The highest BCUT2D eigenvalue weighted by molar-refractivity contribution is 5.63. The van der Waals surface area contributed by atoms with Gasteiger partial charge >= 0.3 is 0 Å². The fraction of sp³-hybridized carbons (Fsp3) is 0.0909. The minimum atomic E-state index is -0.454. The Kier molecular flexibility index (Phi) is 5.57. The summed E-state index contributed by atoms with van der Waals surface area (Å²) in [5, 5.41) is 14.9. The molecule has 9 heteroatoms. The molecule has 0 saturated carbocycles. The maximum atomic E-state index is 13.1. The van der Waals surface area contributed by atoms with E-state index in [2.05, 4.69) is 10.1 Å². The quantitative estimate of drug-likeness (QED) is 0.304. The molecule has 0 bridgehead atoms. The van der Waals surface area contributed by atoms with Crippen LogP contribution in [0.25, 0.3) is 22.8 Å². The second kappa shape index (κ2) is 8.62. The molecular formula is C22H16FN3O5. The third-order valence-electron chi connectivity index (χ3n) is 4.45. The standard InChI is InChI=1S/C22H16FN3O5/c1-29-20-12-16(21-24-22(31-25-21)15-5-8-17(23)9-6-15)7-10-19(20)30-13-14-3-2-4-18(11-14)26(27)28/h2-12H,13H2,1H3. The first-order valence-corrected chi connectivity index (χ1v) is 9.17. The first-order valence-electron chi connectivity index (χ1n) is 9.17. The molecule has 0 spiro atoms. The van der Waals surface area contributed by atoms with Crippen molar-refractivity contribution in [1.29, 1.82) is 0 Å². The first kappa shape index (κ1) is 20.0. The van der Waals surface area contributed by atoms with E-state index < -0.39 is 4.92 Å². The summed E-state index contributed by atoms with van der Waals surface area (Å²) in [6, 6.07) is 17.1. The molecule has 3 aromatic carbocycles. The number of ether oxygens (including phenoxy) is 2. The largest absolute Gasteiger partial charge is 0.493 e. The lowest BCUT2D eigenvalue weighted by Gasteiger charge is -2.11. The minimum Gasteiger partial charge on any atom is -0.493 e. The molecule has 1 aromatic heterocycles. The third kappa shape index (κ3) is 4.50. The van der Waals surface area contributed by atoms with E-state index in [1.54, 1.807) is 42.5 Å². The third-order valence-corrected chi connectivity index (χ3v) is 4.45. The highest BCUT2D eigenvalue weighted by Crippen LogP contribution is 2.33. The summed E-state index contributed by atoms with van der Waals surface area (Å²) in [6.45, 7) is 0.133. The molecule has 0 aliphatic rings. The van der Waals surface area contributed by atoms with Gasteiger partial charge in [-0.2, -0.15) is 4.98 Å². The number of hydrogen-bond donors (Lipinski definition) is 0. The van der Waals surface area contributed by atoms with Crippen LogP contribution in [0.3, 0.4) is 0 Å². The van der Waals surface area contributed by atoms with E-state index >= 15 is 0 Å². The molecule has 0 aliphatic carbocycles. The van der Waals surface area contributed by atoms with Crippen molar-refractivity contribution in [2.24, 2.45) is 0 Å². The minimum absolute atomic E-state index is 0.00234. The molecule has 4 rings (SSSR count). The second-order valence-electron chi connectivity index (χ2n) is 6.51. The van der Waals surface area contributed by atoms with Crippen LogP contribution in [0.5, 0.6) is 11.5 Å². The van der Waals surface area contributed by atoms with E-state index in [9.17, 15) is 14.5 Å². The Morgan fingerprint density at radius 3 is 2.55 bits per heavy atom. The van der Waals surface area contributed by atoms with Crippen LogP contribution in [-0.2, 0) is 6.61 Å². The van der Waals surface area contributed by atoms with Crippen molar-refractivity contribution in [3.05, 3.63) is 88.2 Å². The van der Waals surface area contributed by atoms with Crippen LogP contribution in [0.15, 0.2) is 71.3 Å². The number of aromatic nitrogens is 2. The lowest BCUT2D eigenvalue weighted by Crippen LogP contribution is -1.99. The predicted molar refractivity (Wildman–Crippen MR) is 109 cm³/mol. The zero-order chi connectivity index (χ0) is 21.8. The molecule has 8 nitrogen and oxygen atoms in total. The Hall–Kier alpha value is -4.27. The molecule has 0 radical (unpaired) electrons. The van der Waals surface area contributed by atoms with Crippen LogP contribution in [-0.4, -0.2) is 22.2 Å². The van der Waals surface area contributed by atoms with Crippen molar-refractivity contribution < 1.29 is 23.3 Å². The average Bonchev–Trinajstić information content (AvgIpc) is 3.28. The van der Waals surface area contributed by atoms with E-state index in [1.807, 2.05) is 0 Å². The Morgan fingerprint density at radius 2 is 1.81 bits per heavy atom. The lowest BCUT2D eigenvalue weighted by molar-refractivity contribution is -0.384. The van der Waals surface area contributed by atoms with E-state index in [1.165, 1.54) is 31.4 Å². The number of nitro groups is 1. The zero-order valence-corrected chi connectivity index (χ0v) is 16.3. The van der Waals surface area contributed by atoms with Crippen molar-refractivity contribution in [2.75, 3.05) is 7.11 Å². The summed E-state index contributed by atoms with van der Waals surface area (Å²) in [7, 11) is 1.50. The van der Waals surface area contributed by atoms with Gasteiger partial charge in [-0.3, -0.25) is 10.1 Å². The topological polar surface area (TPSA) is 101 Å². The van der Waals surface area contributed by atoms with Crippen LogP contribution < -0.4 is 9.47 Å². The molecule has 0 saturated heterocycles. The maximum absolute atomic E-state index is 13.1. The van der Waals surface area contributed by atoms with Gasteiger partial charge < -0.3 is 14.0 Å². The predicted octanol–water partition coefficient (Wildman–Crippen LogP) is 5.04. The van der Waals surface area contributed by atoms with Gasteiger partial charge in [0.15, 0.2) is 11.5 Å². The summed E-state index contributed by atoms with van der Waals surface area (Å²) in [4.78, 5) is 14.8. The van der Waals surface area contributed by atoms with E-state index in [4.69, 9.17) is 14.0 Å². The summed E-state index contributed by atoms with van der Waals surface area (Å²) in [6.07, 6.45) is 0. The lowest BCUT2D eigenvalue weighted by atomic mass is 10.2. The Labute approximate surface area is 176 Å². The highest BCUT2D eigenvalue weighted by atomic mass is 19.1. The SMILES string of the molecule is COc1cc(-c2noc(-c3ccc(F)cc3)n2)ccc1OCc1cccc([N+](=O)[O-])c1. The van der Waals surface area contributed by atoms with Gasteiger partial charge in [-0.25, -0.2) is 4.39 Å². The summed E-state index contributed by atoms with van der Waals surface area (Å²) in [5.41, 5.74) is 1.89. The van der Waals surface area contributed by atoms with Gasteiger partial charge in [0.25, 0.3) is 11.6 Å². The first-order chi connectivity index (χ1) is 15.0. The molecule has 0 fully saturated rings. The van der Waals surface area contributed by atoms with E-state index in [0.29, 0.717) is 34.0 Å². The van der Waals surface area contributed by atoms with Gasteiger partial charge in [-0.1, -0.05) is 17.3 Å². The molecular weight excluding hydrogens is 405 g/mol. The van der Waals surface area contributed by atoms with Gasteiger partial charge in [-0.05, 0) is 48.0 Å². The van der Waals surface area contributed by atoms with E-state index in [-0.39, 0.29) is 24.0 Å². The second-order valence-corrected chi connectivity index (χ2v) is 6.51. The summed E-state index contributed by atoms with van der Waals surface area (Å²) in [5.74, 6) is 1.15. The van der Waals surface area contributed by atoms with Crippen molar-refractivity contribution in [1.82, 2.24) is 10.1 Å². The van der Waals surface area contributed by atoms with Crippen LogP contribution >= 0.6 is 0 Å². The van der Waals surface area contributed by atoms with Crippen LogP contribution in [0.4, 0.5) is 10.1 Å². The smallest absolute Gasteiger partial charge is 0.269 e. The normalized spacial score (nSPS) is 10.6. The Bertz CT molecular complexity index is 1220. The highest BCUT2D eigenvalue weighted by Gasteiger charge is 2.14. The van der Waals surface area contributed by atoms with Crippen LogP contribution in [0.2, 0.25) is 0 Å². The molecule has 156 valence electrons. The molecule has 0 unspecified atom stereocenters. The Morgan fingerprint density at radius 1 is 1.03 bits per heavy atom. The fourth-order valence-corrected chi connectivity index (χ4v) is 2.90. The van der Waals surface area contributed by atoms with Crippen molar-refractivity contribution >= 4 is 5.69 Å². The monoisotopic (exact) mass is 421 g/mol. The molecule has 0 amide bonds. The van der Waals surface area contributed by atoms with Gasteiger partial charge in [0.2, 0.25) is 5.82 Å². The van der Waals surface area contributed by atoms with Gasteiger partial charge in [0.1, 0.15) is 12.4 Å². The number of halogens is 1. The van der Waals surface area contributed by atoms with Crippen molar-refractivity contribution in [2.45, 2.75) is 6.61 Å². The van der Waals surface area contributed by atoms with Crippen molar-refractivity contribution in [3.8, 4) is 34.3 Å². The average molecular weight is 421 g/mol. The number of nitro benzene ring substituents is 1.